The van der Waals surface area contributed by atoms with E-state index in [-0.39, 0.29) is 11.9 Å². The lowest BCUT2D eigenvalue weighted by Crippen LogP contribution is -2.22. The largest absolute Gasteiger partial charge is 0.378 e. The number of Topliss-reactive ketones (excluding diaryl/α,β-unsaturated/α-hetero) is 1. The molecule has 1 atom stereocenters. The second kappa shape index (κ2) is 5.21. The number of aryl methyl sites for hydroxylation is 1. The number of nitrogens with zero attached hydrogens (tertiary/aromatic N) is 1. The summed E-state index contributed by atoms with van der Waals surface area (Å²) in [6.45, 7) is 2.74. The maximum Gasteiger partial charge on any atom is 0.167 e. The SMILES string of the molecule is Cc1cncc(C(=O)CC2CCCCO2)c1. The maximum atomic E-state index is 11.9. The van der Waals surface area contributed by atoms with Gasteiger partial charge in [-0.25, -0.2) is 0 Å². The number of carbonyl (C=O) groups excluding carboxylic acids is 1. The third kappa shape index (κ3) is 2.89. The summed E-state index contributed by atoms with van der Waals surface area (Å²) in [6.07, 6.45) is 7.30. The molecule has 1 unspecified atom stereocenters. The first-order valence-electron chi connectivity index (χ1n) is 5.82. The van der Waals surface area contributed by atoms with Crippen molar-refractivity contribution in [2.45, 2.75) is 38.7 Å². The Bertz CT molecular complexity index is 370. The van der Waals surface area contributed by atoms with Crippen LogP contribution >= 0.6 is 0 Å². The average molecular weight is 219 g/mol. The molecule has 0 bridgehead atoms. The Hall–Kier alpha value is -1.22. The average Bonchev–Trinajstić information content (AvgIpc) is 2.30. The highest BCUT2D eigenvalue weighted by atomic mass is 16.5. The second-order valence-corrected chi connectivity index (χ2v) is 4.37. The molecule has 1 saturated heterocycles. The standard InChI is InChI=1S/C13H17NO2/c1-10-6-11(9-14-8-10)13(15)7-12-4-2-3-5-16-12/h6,8-9,12H,2-5,7H2,1H3. The van der Waals surface area contributed by atoms with Crippen LogP contribution in [0.15, 0.2) is 18.5 Å². The highest BCUT2D eigenvalue weighted by Gasteiger charge is 2.18. The lowest BCUT2D eigenvalue weighted by molar-refractivity contribution is 0.0129. The van der Waals surface area contributed by atoms with Crippen LogP contribution in [-0.4, -0.2) is 23.5 Å². The quantitative estimate of drug-likeness (QED) is 0.733. The number of hydrogen-bond acceptors (Lipinski definition) is 3. The third-order valence-electron chi connectivity index (χ3n) is 2.88. The minimum atomic E-state index is 0.113. The summed E-state index contributed by atoms with van der Waals surface area (Å²) in [5.41, 5.74) is 1.73. The predicted octanol–water partition coefficient (Wildman–Crippen LogP) is 2.53. The molecule has 1 aromatic rings. The van der Waals surface area contributed by atoms with Crippen LogP contribution < -0.4 is 0 Å². The molecule has 2 rings (SSSR count). The molecule has 0 aliphatic carbocycles. The van der Waals surface area contributed by atoms with Crippen LogP contribution in [0.2, 0.25) is 0 Å². The number of ether oxygens (including phenoxy) is 1. The maximum absolute atomic E-state index is 11.9. The highest BCUT2D eigenvalue weighted by Crippen LogP contribution is 2.17. The van der Waals surface area contributed by atoms with Gasteiger partial charge < -0.3 is 4.74 Å². The fraction of sp³-hybridized carbons (Fsp3) is 0.538. The van der Waals surface area contributed by atoms with Gasteiger partial charge >= 0.3 is 0 Å². The van der Waals surface area contributed by atoms with E-state index in [4.69, 9.17) is 4.74 Å². The van der Waals surface area contributed by atoms with E-state index in [1.54, 1.807) is 12.4 Å². The first-order chi connectivity index (χ1) is 7.75. The molecule has 0 radical (unpaired) electrons. The smallest absolute Gasteiger partial charge is 0.167 e. The van der Waals surface area contributed by atoms with Crippen LogP contribution in [0.25, 0.3) is 0 Å². The van der Waals surface area contributed by atoms with Crippen LogP contribution in [-0.2, 0) is 4.74 Å². The first-order valence-corrected chi connectivity index (χ1v) is 5.82. The van der Waals surface area contributed by atoms with Gasteiger partial charge in [0, 0.05) is 31.0 Å². The van der Waals surface area contributed by atoms with E-state index in [2.05, 4.69) is 4.98 Å². The van der Waals surface area contributed by atoms with E-state index in [0.29, 0.717) is 12.0 Å². The van der Waals surface area contributed by atoms with Gasteiger partial charge in [0.05, 0.1) is 6.10 Å². The van der Waals surface area contributed by atoms with Crippen molar-refractivity contribution in [2.24, 2.45) is 0 Å². The minimum Gasteiger partial charge on any atom is -0.378 e. The first kappa shape index (κ1) is 11.3. The van der Waals surface area contributed by atoms with Gasteiger partial charge in [0.15, 0.2) is 5.78 Å². The predicted molar refractivity (Wildman–Crippen MR) is 61.5 cm³/mol. The Labute approximate surface area is 95.8 Å². The van der Waals surface area contributed by atoms with Gasteiger partial charge in [0.25, 0.3) is 0 Å². The normalized spacial score (nSPS) is 20.7. The van der Waals surface area contributed by atoms with Gasteiger partial charge in [0.1, 0.15) is 0 Å². The summed E-state index contributed by atoms with van der Waals surface area (Å²) in [5, 5.41) is 0. The number of rotatable bonds is 3. The van der Waals surface area contributed by atoms with Crippen LogP contribution in [0.4, 0.5) is 0 Å². The summed E-state index contributed by atoms with van der Waals surface area (Å²) in [7, 11) is 0. The molecule has 0 aromatic carbocycles. The molecule has 0 N–H and O–H groups in total. The van der Waals surface area contributed by atoms with Gasteiger partial charge in [-0.2, -0.15) is 0 Å². The third-order valence-corrected chi connectivity index (χ3v) is 2.88. The molecular formula is C13H17NO2. The molecule has 86 valence electrons. The van der Waals surface area contributed by atoms with E-state index >= 15 is 0 Å². The van der Waals surface area contributed by atoms with Crippen molar-refractivity contribution in [3.63, 3.8) is 0 Å². The van der Waals surface area contributed by atoms with Crippen LogP contribution in [0.1, 0.15) is 41.6 Å². The van der Waals surface area contributed by atoms with E-state index in [9.17, 15) is 4.79 Å². The lowest BCUT2D eigenvalue weighted by Gasteiger charge is -2.21. The fourth-order valence-corrected chi connectivity index (χ4v) is 2.00. The van der Waals surface area contributed by atoms with E-state index < -0.39 is 0 Å². The Morgan fingerprint density at radius 1 is 1.50 bits per heavy atom. The van der Waals surface area contributed by atoms with E-state index in [1.807, 2.05) is 13.0 Å². The number of carbonyl (C=O) groups is 1. The van der Waals surface area contributed by atoms with Crippen LogP contribution in [0.3, 0.4) is 0 Å². The lowest BCUT2D eigenvalue weighted by atomic mass is 10.0. The van der Waals surface area contributed by atoms with E-state index in [0.717, 1.165) is 25.0 Å². The van der Waals surface area contributed by atoms with Gasteiger partial charge in [-0.3, -0.25) is 9.78 Å². The van der Waals surface area contributed by atoms with Crippen molar-refractivity contribution in [1.29, 1.82) is 0 Å². The zero-order valence-corrected chi connectivity index (χ0v) is 9.61. The fourth-order valence-electron chi connectivity index (χ4n) is 2.00. The number of pyridine rings is 1. The summed E-state index contributed by atoms with van der Waals surface area (Å²) < 4.78 is 5.56. The van der Waals surface area contributed by atoms with E-state index in [1.165, 1.54) is 6.42 Å². The minimum absolute atomic E-state index is 0.113. The molecule has 0 amide bonds. The summed E-state index contributed by atoms with van der Waals surface area (Å²) in [6, 6.07) is 1.89. The molecule has 2 heterocycles. The molecule has 1 fully saturated rings. The molecule has 0 spiro atoms. The Morgan fingerprint density at radius 2 is 2.38 bits per heavy atom. The van der Waals surface area contributed by atoms with Crippen molar-refractivity contribution in [3.05, 3.63) is 29.6 Å². The number of aromatic nitrogens is 1. The van der Waals surface area contributed by atoms with Crippen LogP contribution in [0.5, 0.6) is 0 Å². The number of ketones is 1. The Kier molecular flexibility index (Phi) is 3.67. The van der Waals surface area contributed by atoms with Crippen molar-refractivity contribution in [3.8, 4) is 0 Å². The molecule has 0 saturated carbocycles. The molecule has 1 aromatic heterocycles. The summed E-state index contributed by atoms with van der Waals surface area (Å²) >= 11 is 0. The van der Waals surface area contributed by atoms with Crippen molar-refractivity contribution in [1.82, 2.24) is 4.98 Å². The zero-order chi connectivity index (χ0) is 11.4. The summed E-state index contributed by atoms with van der Waals surface area (Å²) in [4.78, 5) is 16.0. The Balaban J connectivity index is 1.97. The van der Waals surface area contributed by atoms with Crippen molar-refractivity contribution < 1.29 is 9.53 Å². The summed E-state index contributed by atoms with van der Waals surface area (Å²) in [5.74, 6) is 0.142. The van der Waals surface area contributed by atoms with Gasteiger partial charge in [-0.05, 0) is 37.8 Å². The van der Waals surface area contributed by atoms with Gasteiger partial charge in [0.2, 0.25) is 0 Å². The zero-order valence-electron chi connectivity index (χ0n) is 9.61. The molecule has 3 nitrogen and oxygen atoms in total. The molecular weight excluding hydrogens is 202 g/mol. The highest BCUT2D eigenvalue weighted by molar-refractivity contribution is 5.96. The molecule has 1 aliphatic heterocycles. The van der Waals surface area contributed by atoms with Gasteiger partial charge in [-0.1, -0.05) is 0 Å². The van der Waals surface area contributed by atoms with Gasteiger partial charge in [-0.15, -0.1) is 0 Å². The van der Waals surface area contributed by atoms with Crippen molar-refractivity contribution in [2.75, 3.05) is 6.61 Å². The topological polar surface area (TPSA) is 39.2 Å². The molecule has 3 heteroatoms. The Morgan fingerprint density at radius 3 is 3.06 bits per heavy atom. The second-order valence-electron chi connectivity index (χ2n) is 4.37. The number of hydrogen-bond donors (Lipinski definition) is 0. The molecule has 1 aliphatic rings. The molecule has 16 heavy (non-hydrogen) atoms. The van der Waals surface area contributed by atoms with Crippen LogP contribution in [0, 0.1) is 6.92 Å². The van der Waals surface area contributed by atoms with Crippen molar-refractivity contribution >= 4 is 5.78 Å². The monoisotopic (exact) mass is 219 g/mol.